The number of ether oxygens (including phenoxy) is 1. The number of anilines is 1. The molecule has 0 saturated heterocycles. The summed E-state index contributed by atoms with van der Waals surface area (Å²) in [7, 11) is 1.80. The molecule has 0 unspecified atom stereocenters. The zero-order valence-electron chi connectivity index (χ0n) is 15.3. The van der Waals surface area contributed by atoms with Gasteiger partial charge in [0, 0.05) is 12.7 Å². The zero-order valence-corrected chi connectivity index (χ0v) is 16.9. The van der Waals surface area contributed by atoms with E-state index in [4.69, 9.17) is 16.3 Å². The molecule has 0 fully saturated rings. The predicted molar refractivity (Wildman–Crippen MR) is 107 cm³/mol. The average Bonchev–Trinajstić information content (AvgIpc) is 3.02. The molecule has 9 heteroatoms. The maximum atomic E-state index is 12.9. The minimum atomic E-state index is -0.354. The maximum absolute atomic E-state index is 12.9. The molecule has 0 atom stereocenters. The van der Waals surface area contributed by atoms with E-state index in [1.54, 1.807) is 17.7 Å². The molecule has 1 aromatic heterocycles. The number of hydrogen-bond acceptors (Lipinski definition) is 5. The summed E-state index contributed by atoms with van der Waals surface area (Å²) in [6.45, 7) is 2.16. The smallest absolute Gasteiger partial charge is 0.234 e. The Hall–Kier alpha value is -2.58. The molecule has 1 heterocycles. The highest BCUT2D eigenvalue weighted by atomic mass is 35.5. The molecule has 1 amide bonds. The fourth-order valence-corrected chi connectivity index (χ4v) is 3.22. The molecule has 0 aliphatic carbocycles. The second-order valence-corrected chi connectivity index (χ2v) is 7.37. The summed E-state index contributed by atoms with van der Waals surface area (Å²) in [5.41, 5.74) is 1.58. The van der Waals surface area contributed by atoms with Crippen LogP contribution in [0.4, 0.5) is 10.1 Å². The van der Waals surface area contributed by atoms with Crippen LogP contribution in [-0.4, -0.2) is 26.4 Å². The third kappa shape index (κ3) is 5.24. The Kier molecular flexibility index (Phi) is 6.53. The van der Waals surface area contributed by atoms with Crippen LogP contribution in [0.5, 0.6) is 5.75 Å². The molecule has 28 heavy (non-hydrogen) atoms. The number of amides is 1. The van der Waals surface area contributed by atoms with E-state index in [1.807, 2.05) is 19.1 Å². The minimum Gasteiger partial charge on any atom is -0.484 e. The molecule has 0 saturated carbocycles. The lowest BCUT2D eigenvalue weighted by Crippen LogP contribution is -2.14. The normalized spacial score (nSPS) is 10.7. The number of aryl methyl sites for hydroxylation is 1. The zero-order chi connectivity index (χ0) is 20.1. The fraction of sp³-hybridized carbons (Fsp3) is 0.211. The highest BCUT2D eigenvalue weighted by Gasteiger charge is 2.13. The second-order valence-electron chi connectivity index (χ2n) is 6.02. The van der Waals surface area contributed by atoms with Crippen molar-refractivity contribution >= 4 is 35.0 Å². The van der Waals surface area contributed by atoms with Gasteiger partial charge in [-0.1, -0.05) is 29.4 Å². The van der Waals surface area contributed by atoms with Crippen LogP contribution in [0.2, 0.25) is 5.02 Å². The Bertz CT molecular complexity index is 979. The van der Waals surface area contributed by atoms with Crippen molar-refractivity contribution in [3.8, 4) is 5.75 Å². The molecule has 0 aliphatic heterocycles. The van der Waals surface area contributed by atoms with E-state index in [-0.39, 0.29) is 24.1 Å². The van der Waals surface area contributed by atoms with Crippen LogP contribution in [0.15, 0.2) is 47.6 Å². The van der Waals surface area contributed by atoms with Crippen LogP contribution >= 0.6 is 23.4 Å². The van der Waals surface area contributed by atoms with Crippen molar-refractivity contribution in [1.82, 2.24) is 14.8 Å². The Morgan fingerprint density at radius 1 is 1.25 bits per heavy atom. The topological polar surface area (TPSA) is 69.0 Å². The van der Waals surface area contributed by atoms with Gasteiger partial charge in [0.05, 0.1) is 10.8 Å². The lowest BCUT2D eigenvalue weighted by molar-refractivity contribution is -0.113. The highest BCUT2D eigenvalue weighted by Crippen LogP contribution is 2.26. The molecule has 3 aromatic rings. The van der Waals surface area contributed by atoms with Crippen LogP contribution in [0, 0.1) is 12.7 Å². The number of benzene rings is 2. The molecule has 146 valence electrons. The molecule has 6 nitrogen and oxygen atoms in total. The molecule has 0 aliphatic rings. The quantitative estimate of drug-likeness (QED) is 0.579. The van der Waals surface area contributed by atoms with Gasteiger partial charge in [-0.15, -0.1) is 10.2 Å². The van der Waals surface area contributed by atoms with Gasteiger partial charge < -0.3 is 14.6 Å². The highest BCUT2D eigenvalue weighted by molar-refractivity contribution is 7.99. The SMILES string of the molecule is Cc1ccc(Cl)c(OCc2nnc(SCC(=O)Nc3ccc(F)cc3)n2C)c1. The standard InChI is InChI=1S/C19H18ClFN4O2S/c1-12-3-8-15(20)16(9-12)27-10-17-23-24-19(25(17)2)28-11-18(26)22-14-6-4-13(21)5-7-14/h3-9H,10-11H2,1-2H3,(H,22,26). The Morgan fingerprint density at radius 3 is 2.75 bits per heavy atom. The summed E-state index contributed by atoms with van der Waals surface area (Å²) in [6, 6.07) is 11.1. The third-order valence-electron chi connectivity index (χ3n) is 3.83. The van der Waals surface area contributed by atoms with E-state index in [1.165, 1.54) is 36.0 Å². The van der Waals surface area contributed by atoms with Crippen molar-refractivity contribution in [2.75, 3.05) is 11.1 Å². The van der Waals surface area contributed by atoms with Crippen molar-refractivity contribution in [2.24, 2.45) is 7.05 Å². The summed E-state index contributed by atoms with van der Waals surface area (Å²) in [4.78, 5) is 12.0. The number of hydrogen-bond donors (Lipinski definition) is 1. The summed E-state index contributed by atoms with van der Waals surface area (Å²) >= 11 is 7.38. The van der Waals surface area contributed by atoms with Crippen LogP contribution in [-0.2, 0) is 18.4 Å². The second kappa shape index (κ2) is 9.07. The van der Waals surface area contributed by atoms with Gasteiger partial charge in [-0.25, -0.2) is 4.39 Å². The van der Waals surface area contributed by atoms with Crippen LogP contribution < -0.4 is 10.1 Å². The number of thioether (sulfide) groups is 1. The summed E-state index contributed by atoms with van der Waals surface area (Å²) < 4.78 is 20.4. The van der Waals surface area contributed by atoms with Crippen LogP contribution in [0.3, 0.4) is 0 Å². The van der Waals surface area contributed by atoms with E-state index in [9.17, 15) is 9.18 Å². The van der Waals surface area contributed by atoms with Gasteiger partial charge in [-0.05, 0) is 48.9 Å². The number of carbonyl (C=O) groups excluding carboxylic acids is 1. The first-order valence-electron chi connectivity index (χ1n) is 8.38. The molecule has 0 radical (unpaired) electrons. The Morgan fingerprint density at radius 2 is 2.00 bits per heavy atom. The van der Waals surface area contributed by atoms with Crippen molar-refractivity contribution in [1.29, 1.82) is 0 Å². The average molecular weight is 421 g/mol. The monoisotopic (exact) mass is 420 g/mol. The number of halogens is 2. The number of aromatic nitrogens is 3. The Balaban J connectivity index is 1.54. The maximum Gasteiger partial charge on any atom is 0.234 e. The van der Waals surface area contributed by atoms with Gasteiger partial charge in [0.25, 0.3) is 0 Å². The lowest BCUT2D eigenvalue weighted by Gasteiger charge is -2.09. The van der Waals surface area contributed by atoms with E-state index in [0.717, 1.165) is 5.56 Å². The van der Waals surface area contributed by atoms with Crippen molar-refractivity contribution < 1.29 is 13.9 Å². The molecule has 2 aromatic carbocycles. The number of nitrogens with zero attached hydrogens (tertiary/aromatic N) is 3. The first-order chi connectivity index (χ1) is 13.4. The largest absolute Gasteiger partial charge is 0.484 e. The van der Waals surface area contributed by atoms with Crippen LogP contribution in [0.1, 0.15) is 11.4 Å². The van der Waals surface area contributed by atoms with E-state index in [0.29, 0.717) is 27.4 Å². The molecular weight excluding hydrogens is 403 g/mol. The van der Waals surface area contributed by atoms with Gasteiger partial charge in [-0.2, -0.15) is 0 Å². The van der Waals surface area contributed by atoms with Crippen LogP contribution in [0.25, 0.3) is 0 Å². The predicted octanol–water partition coefficient (Wildman–Crippen LogP) is 4.23. The molecule has 0 bridgehead atoms. The van der Waals surface area contributed by atoms with Crippen molar-refractivity contribution in [3.63, 3.8) is 0 Å². The number of carbonyl (C=O) groups is 1. The molecule has 3 rings (SSSR count). The third-order valence-corrected chi connectivity index (χ3v) is 5.16. The number of rotatable bonds is 7. The van der Waals surface area contributed by atoms with Gasteiger partial charge in [0.2, 0.25) is 5.91 Å². The van der Waals surface area contributed by atoms with Crippen molar-refractivity contribution in [3.05, 3.63) is 64.7 Å². The number of nitrogens with one attached hydrogen (secondary N) is 1. The van der Waals surface area contributed by atoms with E-state index in [2.05, 4.69) is 15.5 Å². The molecular formula is C19H18ClFN4O2S. The Labute approximate surface area is 171 Å². The molecule has 1 N–H and O–H groups in total. The first kappa shape index (κ1) is 20.2. The molecule has 0 spiro atoms. The summed E-state index contributed by atoms with van der Waals surface area (Å²) in [5.74, 6) is 0.766. The van der Waals surface area contributed by atoms with E-state index < -0.39 is 0 Å². The summed E-state index contributed by atoms with van der Waals surface area (Å²) in [5, 5.41) is 12.0. The minimum absolute atomic E-state index is 0.147. The van der Waals surface area contributed by atoms with Gasteiger partial charge >= 0.3 is 0 Å². The van der Waals surface area contributed by atoms with Gasteiger partial charge in [0.1, 0.15) is 18.2 Å². The lowest BCUT2D eigenvalue weighted by atomic mass is 10.2. The van der Waals surface area contributed by atoms with Gasteiger partial charge in [-0.3, -0.25) is 4.79 Å². The van der Waals surface area contributed by atoms with Crippen molar-refractivity contribution in [2.45, 2.75) is 18.7 Å². The first-order valence-corrected chi connectivity index (χ1v) is 9.74. The van der Waals surface area contributed by atoms with Gasteiger partial charge in [0.15, 0.2) is 11.0 Å². The summed E-state index contributed by atoms with van der Waals surface area (Å²) in [6.07, 6.45) is 0. The fourth-order valence-electron chi connectivity index (χ4n) is 2.32. The van der Waals surface area contributed by atoms with E-state index >= 15 is 0 Å².